The molecule has 46 heavy (non-hydrogen) atoms. The van der Waals surface area contributed by atoms with Gasteiger partial charge in [-0.1, -0.05) is 0 Å². The zero-order valence-electron chi connectivity index (χ0n) is 23.7. The van der Waals surface area contributed by atoms with Crippen LogP contribution in [0.15, 0.2) is 0 Å². The van der Waals surface area contributed by atoms with E-state index in [2.05, 4.69) is 0 Å². The number of carboxylic acid groups (broad SMARTS) is 1. The maximum Gasteiger partial charge on any atom is 0.335 e. The van der Waals surface area contributed by atoms with Gasteiger partial charge in [0.25, 0.3) is 0 Å². The molecule has 0 amide bonds. The predicted molar refractivity (Wildman–Crippen MR) is 134 cm³/mol. The molecule has 0 aromatic carbocycles. The van der Waals surface area contributed by atoms with Gasteiger partial charge in [0.1, 0.15) is 91.6 Å². The minimum Gasteiger partial charge on any atom is -0.479 e. The van der Waals surface area contributed by atoms with Crippen LogP contribution in [0, 0.1) is 0 Å². The molecular weight excluding hydrogens is 640 g/mol. The third-order valence-electron chi connectivity index (χ3n) is 8.17. The summed E-state index contributed by atoms with van der Waals surface area (Å²) in [7, 11) is 0. The van der Waals surface area contributed by atoms with Crippen LogP contribution in [0.3, 0.4) is 0 Å². The first-order chi connectivity index (χ1) is 21.7. The van der Waals surface area contributed by atoms with Gasteiger partial charge in [-0.25, -0.2) is 4.79 Å². The number of aliphatic carboxylic acids is 1. The fourth-order valence-electron chi connectivity index (χ4n) is 5.49. The van der Waals surface area contributed by atoms with E-state index in [0.29, 0.717) is 0 Å². The Morgan fingerprint density at radius 3 is 1.46 bits per heavy atom. The van der Waals surface area contributed by atoms with Crippen LogP contribution in [-0.4, -0.2) is 220 Å². The van der Waals surface area contributed by atoms with Gasteiger partial charge in [-0.3, -0.25) is 0 Å². The van der Waals surface area contributed by atoms with Crippen molar-refractivity contribution in [1.29, 1.82) is 0 Å². The minimum absolute atomic E-state index is 0.778. The highest BCUT2D eigenvalue weighted by atomic mass is 16.8. The average Bonchev–Trinajstić information content (AvgIpc) is 3.03. The number of carbonyl (C=O) groups is 1. The highest BCUT2D eigenvalue weighted by Crippen LogP contribution is 2.34. The van der Waals surface area contributed by atoms with Gasteiger partial charge >= 0.3 is 5.97 Å². The van der Waals surface area contributed by atoms with E-state index in [1.54, 1.807) is 0 Å². The molecule has 4 saturated heterocycles. The summed E-state index contributed by atoms with van der Waals surface area (Å²) >= 11 is 0. The summed E-state index contributed by atoms with van der Waals surface area (Å²) in [5.74, 6) is -1.76. The fourth-order valence-corrected chi connectivity index (χ4v) is 5.49. The molecule has 1 unspecified atom stereocenters. The quantitative estimate of drug-likeness (QED) is 0.102. The van der Waals surface area contributed by atoms with E-state index in [4.69, 9.17) is 33.2 Å². The number of carboxylic acids is 1. The van der Waals surface area contributed by atoms with Crippen LogP contribution in [0.4, 0.5) is 0 Å². The summed E-state index contributed by atoms with van der Waals surface area (Å²) < 4.78 is 37.4. The number of aliphatic hydroxyl groups is 13. The standard InChI is InChI=1S/C24H40O22/c25-1-4-7(28)10(31)18(21(39)40-4)45-22-15(36)13(34)16(6(3-27)42-22)43-24-19(11(32)8(29)5(2-26)41-24)46-23-14(35)9(30)12(33)17(44-23)20(37)38/h4-19,21-36,39H,1-3H2,(H,37,38)/t4-,5-,6-,7-,8-,9+,10+,11+,12+,13-,14-,15-,16-,17+,18+,19+,21?,22+,23+,24-/m1/s1. The van der Waals surface area contributed by atoms with Crippen LogP contribution >= 0.6 is 0 Å². The molecule has 0 saturated carbocycles. The van der Waals surface area contributed by atoms with Crippen molar-refractivity contribution >= 4 is 5.97 Å². The molecule has 0 aromatic heterocycles. The number of rotatable bonds is 10. The molecule has 0 radical (unpaired) electrons. The van der Waals surface area contributed by atoms with Gasteiger partial charge in [-0.2, -0.15) is 0 Å². The van der Waals surface area contributed by atoms with Crippen molar-refractivity contribution in [3.63, 3.8) is 0 Å². The van der Waals surface area contributed by atoms with Crippen molar-refractivity contribution < 1.29 is 109 Å². The van der Waals surface area contributed by atoms with Crippen LogP contribution in [-0.2, 0) is 38.0 Å². The molecule has 4 fully saturated rings. The van der Waals surface area contributed by atoms with E-state index in [9.17, 15) is 76.3 Å². The van der Waals surface area contributed by atoms with Gasteiger partial charge in [0, 0.05) is 0 Å². The van der Waals surface area contributed by atoms with E-state index in [1.807, 2.05) is 0 Å². The first-order valence-electron chi connectivity index (χ1n) is 14.1. The molecule has 0 spiro atoms. The van der Waals surface area contributed by atoms with E-state index in [0.717, 1.165) is 0 Å². The van der Waals surface area contributed by atoms with Gasteiger partial charge in [0.15, 0.2) is 31.3 Å². The van der Waals surface area contributed by atoms with Crippen LogP contribution in [0.5, 0.6) is 0 Å². The second kappa shape index (κ2) is 15.5. The van der Waals surface area contributed by atoms with Crippen molar-refractivity contribution in [1.82, 2.24) is 0 Å². The topological polar surface area (TPSA) is 365 Å². The van der Waals surface area contributed by atoms with Gasteiger partial charge in [0.05, 0.1) is 19.8 Å². The molecule has 4 heterocycles. The average molecular weight is 681 g/mol. The zero-order chi connectivity index (χ0) is 34.2. The maximum atomic E-state index is 11.5. The molecule has 4 aliphatic rings. The predicted octanol–water partition coefficient (Wildman–Crippen LogP) is -9.66. The van der Waals surface area contributed by atoms with E-state index < -0.39 is 149 Å². The molecule has 14 N–H and O–H groups in total. The van der Waals surface area contributed by atoms with Crippen LogP contribution in [0.2, 0.25) is 0 Å². The van der Waals surface area contributed by atoms with Crippen molar-refractivity contribution in [3.05, 3.63) is 0 Å². The minimum atomic E-state index is -2.13. The summed E-state index contributed by atoms with van der Waals surface area (Å²) in [6, 6.07) is 0. The third kappa shape index (κ3) is 7.31. The lowest BCUT2D eigenvalue weighted by Gasteiger charge is -2.49. The molecule has 0 aromatic rings. The smallest absolute Gasteiger partial charge is 0.335 e. The van der Waals surface area contributed by atoms with Crippen molar-refractivity contribution in [2.45, 2.75) is 123 Å². The first kappa shape index (κ1) is 37.5. The van der Waals surface area contributed by atoms with Gasteiger partial charge in [-0.15, -0.1) is 0 Å². The summed E-state index contributed by atoms with van der Waals surface area (Å²) in [5, 5.41) is 142. The highest BCUT2D eigenvalue weighted by molar-refractivity contribution is 5.73. The molecule has 0 aliphatic carbocycles. The highest BCUT2D eigenvalue weighted by Gasteiger charge is 2.56. The Morgan fingerprint density at radius 1 is 0.457 bits per heavy atom. The van der Waals surface area contributed by atoms with Crippen molar-refractivity contribution in [2.75, 3.05) is 19.8 Å². The summed E-state index contributed by atoms with van der Waals surface area (Å²) in [5.41, 5.74) is 0. The SMILES string of the molecule is O=C(O)[C@H]1O[C@@H](O[C@@H]2[C@@H](O[C@H]3[C@H](O)[C@@H](O)[C@H](O[C@@H]4C(O)O[C@H](CO)[C@@H](O)[C@@H]4O)O[C@@H]3CO)O[C@H](CO)[C@@H](O)[C@@H]2O)[C@H](O)[C@@H](O)[C@@H]1O. The Morgan fingerprint density at radius 2 is 0.891 bits per heavy atom. The van der Waals surface area contributed by atoms with Crippen LogP contribution < -0.4 is 0 Å². The Balaban J connectivity index is 1.53. The molecule has 22 nitrogen and oxygen atoms in total. The van der Waals surface area contributed by atoms with E-state index in [-0.39, 0.29) is 0 Å². The Kier molecular flexibility index (Phi) is 12.6. The molecule has 4 rings (SSSR count). The van der Waals surface area contributed by atoms with Crippen molar-refractivity contribution in [2.24, 2.45) is 0 Å². The lowest BCUT2D eigenvalue weighted by Crippen LogP contribution is -2.67. The number of aliphatic hydroxyl groups excluding tert-OH is 13. The van der Waals surface area contributed by atoms with Gasteiger partial charge in [0.2, 0.25) is 0 Å². The molecule has 4 aliphatic heterocycles. The van der Waals surface area contributed by atoms with Crippen LogP contribution in [0.1, 0.15) is 0 Å². The molecule has 20 atom stereocenters. The van der Waals surface area contributed by atoms with Crippen molar-refractivity contribution in [3.8, 4) is 0 Å². The zero-order valence-corrected chi connectivity index (χ0v) is 23.7. The number of ether oxygens (including phenoxy) is 7. The Bertz CT molecular complexity index is 990. The number of hydrogen-bond acceptors (Lipinski definition) is 21. The lowest BCUT2D eigenvalue weighted by atomic mass is 9.95. The van der Waals surface area contributed by atoms with E-state index >= 15 is 0 Å². The lowest BCUT2D eigenvalue weighted by molar-refractivity contribution is -0.395. The first-order valence-corrected chi connectivity index (χ1v) is 14.1. The van der Waals surface area contributed by atoms with Gasteiger partial charge in [-0.05, 0) is 0 Å². The third-order valence-corrected chi connectivity index (χ3v) is 8.17. The van der Waals surface area contributed by atoms with Crippen LogP contribution in [0.25, 0.3) is 0 Å². The number of hydrogen-bond donors (Lipinski definition) is 14. The summed E-state index contributed by atoms with van der Waals surface area (Å²) in [6.45, 7) is -2.67. The Hall–Kier alpha value is -1.33. The molecule has 22 heteroatoms. The normalized spacial score (nSPS) is 51.9. The fraction of sp³-hybridized carbons (Fsp3) is 0.958. The Labute approximate surface area is 258 Å². The molecule has 0 bridgehead atoms. The second-order valence-electron chi connectivity index (χ2n) is 11.2. The van der Waals surface area contributed by atoms with E-state index in [1.165, 1.54) is 0 Å². The van der Waals surface area contributed by atoms with Gasteiger partial charge < -0.3 is 105 Å². The summed E-state index contributed by atoms with van der Waals surface area (Å²) in [4.78, 5) is 11.5. The molecule has 268 valence electrons. The maximum absolute atomic E-state index is 11.5. The largest absolute Gasteiger partial charge is 0.479 e. The summed E-state index contributed by atoms with van der Waals surface area (Å²) in [6.07, 6.45) is -38.4. The second-order valence-corrected chi connectivity index (χ2v) is 11.2. The monoisotopic (exact) mass is 680 g/mol. The molecular formula is C24H40O22.